The zero-order valence-corrected chi connectivity index (χ0v) is 10.3. The van der Waals surface area contributed by atoms with Gasteiger partial charge < -0.3 is 9.15 Å². The van der Waals surface area contributed by atoms with Crippen molar-refractivity contribution in [1.82, 2.24) is 4.98 Å². The van der Waals surface area contributed by atoms with Crippen LogP contribution in [0.25, 0.3) is 11.3 Å². The van der Waals surface area contributed by atoms with E-state index < -0.39 is 6.36 Å². The standard InChI is InChI=1S/C12H9ClF3NO2/c13-6-5-11-17-7-10(18-11)8-1-3-9(4-2-8)19-12(14,15)16/h1-4,7H,5-6H2. The fourth-order valence-electron chi connectivity index (χ4n) is 1.46. The van der Waals surface area contributed by atoms with E-state index in [0.29, 0.717) is 29.5 Å². The van der Waals surface area contributed by atoms with Crippen LogP contribution in [0.4, 0.5) is 13.2 Å². The Morgan fingerprint density at radius 3 is 2.47 bits per heavy atom. The molecular weight excluding hydrogens is 283 g/mol. The van der Waals surface area contributed by atoms with E-state index in [2.05, 4.69) is 9.72 Å². The van der Waals surface area contributed by atoms with Gasteiger partial charge in [-0.05, 0) is 24.3 Å². The quantitative estimate of drug-likeness (QED) is 0.798. The van der Waals surface area contributed by atoms with E-state index in [9.17, 15) is 13.2 Å². The molecule has 0 atom stereocenters. The molecule has 0 bridgehead atoms. The molecule has 2 rings (SSSR count). The smallest absolute Gasteiger partial charge is 0.441 e. The molecule has 0 unspecified atom stereocenters. The van der Waals surface area contributed by atoms with Crippen molar-refractivity contribution in [1.29, 1.82) is 0 Å². The van der Waals surface area contributed by atoms with Crippen LogP contribution >= 0.6 is 11.6 Å². The molecule has 102 valence electrons. The molecule has 1 aromatic carbocycles. The van der Waals surface area contributed by atoms with E-state index in [4.69, 9.17) is 16.0 Å². The molecular formula is C12H9ClF3NO2. The van der Waals surface area contributed by atoms with Gasteiger partial charge >= 0.3 is 6.36 Å². The van der Waals surface area contributed by atoms with Crippen LogP contribution in [0.3, 0.4) is 0 Å². The monoisotopic (exact) mass is 291 g/mol. The number of ether oxygens (including phenoxy) is 1. The molecule has 0 aliphatic carbocycles. The highest BCUT2D eigenvalue weighted by atomic mass is 35.5. The van der Waals surface area contributed by atoms with Crippen molar-refractivity contribution in [2.75, 3.05) is 5.88 Å². The van der Waals surface area contributed by atoms with Crippen LogP contribution in [0.2, 0.25) is 0 Å². The van der Waals surface area contributed by atoms with Crippen molar-refractivity contribution in [3.63, 3.8) is 0 Å². The van der Waals surface area contributed by atoms with Crippen molar-refractivity contribution in [3.05, 3.63) is 36.4 Å². The predicted octanol–water partition coefficient (Wildman–Crippen LogP) is 4.02. The summed E-state index contributed by atoms with van der Waals surface area (Å²) < 4.78 is 45.1. The van der Waals surface area contributed by atoms with E-state index in [1.807, 2.05) is 0 Å². The van der Waals surface area contributed by atoms with E-state index >= 15 is 0 Å². The third-order valence-corrected chi connectivity index (χ3v) is 2.42. The molecule has 7 heteroatoms. The zero-order chi connectivity index (χ0) is 13.9. The number of nitrogens with zero attached hydrogens (tertiary/aromatic N) is 1. The first-order valence-corrected chi connectivity index (χ1v) is 5.88. The Kier molecular flexibility index (Phi) is 3.99. The Hall–Kier alpha value is -1.69. The maximum Gasteiger partial charge on any atom is 0.573 e. The fraction of sp³-hybridized carbons (Fsp3) is 0.250. The highest BCUT2D eigenvalue weighted by molar-refractivity contribution is 6.17. The molecule has 0 N–H and O–H groups in total. The summed E-state index contributed by atoms with van der Waals surface area (Å²) in [6.45, 7) is 0. The van der Waals surface area contributed by atoms with Crippen molar-refractivity contribution in [3.8, 4) is 17.1 Å². The van der Waals surface area contributed by atoms with Gasteiger partial charge in [-0.15, -0.1) is 24.8 Å². The van der Waals surface area contributed by atoms with Crippen LogP contribution in [0, 0.1) is 0 Å². The van der Waals surface area contributed by atoms with Gasteiger partial charge in [0.2, 0.25) is 0 Å². The molecule has 3 nitrogen and oxygen atoms in total. The maximum absolute atomic E-state index is 12.0. The first-order chi connectivity index (χ1) is 8.98. The topological polar surface area (TPSA) is 35.3 Å². The lowest BCUT2D eigenvalue weighted by Gasteiger charge is -2.08. The molecule has 1 aromatic heterocycles. The lowest BCUT2D eigenvalue weighted by atomic mass is 10.2. The van der Waals surface area contributed by atoms with Gasteiger partial charge in [0.1, 0.15) is 5.75 Å². The Bertz CT molecular complexity index is 537. The first-order valence-electron chi connectivity index (χ1n) is 5.35. The Labute approximate surface area is 112 Å². The van der Waals surface area contributed by atoms with Gasteiger partial charge in [-0.2, -0.15) is 0 Å². The number of halogens is 4. The van der Waals surface area contributed by atoms with Crippen molar-refractivity contribution in [2.45, 2.75) is 12.8 Å². The van der Waals surface area contributed by atoms with Crippen LogP contribution in [0.1, 0.15) is 5.89 Å². The minimum absolute atomic E-state index is 0.281. The minimum atomic E-state index is -4.69. The third-order valence-electron chi connectivity index (χ3n) is 2.23. The van der Waals surface area contributed by atoms with Crippen LogP contribution < -0.4 is 4.74 Å². The van der Waals surface area contributed by atoms with Crippen LogP contribution in [0.15, 0.2) is 34.9 Å². The van der Waals surface area contributed by atoms with Crippen molar-refractivity contribution >= 4 is 11.6 Å². The van der Waals surface area contributed by atoms with Gasteiger partial charge in [0.05, 0.1) is 6.20 Å². The van der Waals surface area contributed by atoms with E-state index in [-0.39, 0.29) is 5.75 Å². The number of hydrogen-bond acceptors (Lipinski definition) is 3. The number of alkyl halides is 4. The summed E-state index contributed by atoms with van der Waals surface area (Å²) in [6, 6.07) is 5.36. The summed E-state index contributed by atoms with van der Waals surface area (Å²) in [5, 5.41) is 0. The molecule has 0 saturated heterocycles. The lowest BCUT2D eigenvalue weighted by Crippen LogP contribution is -2.16. The third kappa shape index (κ3) is 3.89. The molecule has 0 aliphatic heterocycles. The Morgan fingerprint density at radius 2 is 1.89 bits per heavy atom. The minimum Gasteiger partial charge on any atom is -0.441 e. The Morgan fingerprint density at radius 1 is 1.21 bits per heavy atom. The molecule has 2 aromatic rings. The van der Waals surface area contributed by atoms with Gasteiger partial charge in [0.15, 0.2) is 11.7 Å². The van der Waals surface area contributed by atoms with E-state index in [0.717, 1.165) is 0 Å². The molecule has 0 aliphatic rings. The number of hydrogen-bond donors (Lipinski definition) is 0. The van der Waals surface area contributed by atoms with E-state index in [1.54, 1.807) is 0 Å². The summed E-state index contributed by atoms with van der Waals surface area (Å²) in [7, 11) is 0. The van der Waals surface area contributed by atoms with Gasteiger partial charge in [0.25, 0.3) is 0 Å². The normalized spacial score (nSPS) is 11.6. The largest absolute Gasteiger partial charge is 0.573 e. The van der Waals surface area contributed by atoms with Gasteiger partial charge in [0, 0.05) is 17.9 Å². The molecule has 0 amide bonds. The second kappa shape index (κ2) is 5.52. The Balaban J connectivity index is 2.13. The van der Waals surface area contributed by atoms with Crippen LogP contribution in [-0.4, -0.2) is 17.2 Å². The zero-order valence-electron chi connectivity index (χ0n) is 9.58. The van der Waals surface area contributed by atoms with Crippen LogP contribution in [-0.2, 0) is 6.42 Å². The average Bonchev–Trinajstić information content (AvgIpc) is 2.77. The number of benzene rings is 1. The number of aromatic nitrogens is 1. The van der Waals surface area contributed by atoms with E-state index in [1.165, 1.54) is 30.5 Å². The molecule has 1 heterocycles. The highest BCUT2D eigenvalue weighted by Crippen LogP contribution is 2.26. The SMILES string of the molecule is FC(F)(F)Oc1ccc(-c2cnc(CCCl)o2)cc1. The average molecular weight is 292 g/mol. The summed E-state index contributed by atoms with van der Waals surface area (Å²) in [6.07, 6.45) is -2.69. The van der Waals surface area contributed by atoms with Crippen molar-refractivity contribution < 1.29 is 22.3 Å². The summed E-state index contributed by atoms with van der Waals surface area (Å²) in [5.74, 6) is 1.06. The van der Waals surface area contributed by atoms with Gasteiger partial charge in [-0.25, -0.2) is 4.98 Å². The summed E-state index contributed by atoms with van der Waals surface area (Å²) >= 11 is 5.55. The summed E-state index contributed by atoms with van der Waals surface area (Å²) in [4.78, 5) is 4.00. The summed E-state index contributed by atoms with van der Waals surface area (Å²) in [5.41, 5.74) is 0.614. The molecule has 19 heavy (non-hydrogen) atoms. The predicted molar refractivity (Wildman–Crippen MR) is 63.0 cm³/mol. The molecule has 0 saturated carbocycles. The fourth-order valence-corrected chi connectivity index (χ4v) is 1.62. The van der Waals surface area contributed by atoms with Gasteiger partial charge in [-0.1, -0.05) is 0 Å². The highest BCUT2D eigenvalue weighted by Gasteiger charge is 2.30. The number of oxazole rings is 1. The van der Waals surface area contributed by atoms with Gasteiger partial charge in [-0.3, -0.25) is 0 Å². The number of rotatable bonds is 4. The second-order valence-corrected chi connectivity index (χ2v) is 4.01. The molecule has 0 radical (unpaired) electrons. The van der Waals surface area contributed by atoms with Crippen LogP contribution in [0.5, 0.6) is 5.75 Å². The first kappa shape index (κ1) is 13.7. The lowest BCUT2D eigenvalue weighted by molar-refractivity contribution is -0.274. The number of aryl methyl sites for hydroxylation is 1. The maximum atomic E-state index is 12.0. The molecule has 0 fully saturated rings. The van der Waals surface area contributed by atoms with Crippen molar-refractivity contribution in [2.24, 2.45) is 0 Å². The molecule has 0 spiro atoms. The second-order valence-electron chi connectivity index (χ2n) is 3.63.